The topological polar surface area (TPSA) is 76.4 Å². The summed E-state index contributed by atoms with van der Waals surface area (Å²) in [4.78, 5) is 16.6. The van der Waals surface area contributed by atoms with Crippen LogP contribution in [-0.2, 0) is 6.54 Å². The summed E-state index contributed by atoms with van der Waals surface area (Å²) in [6, 6.07) is 16.5. The Balaban J connectivity index is 1.64. The van der Waals surface area contributed by atoms with E-state index >= 15 is 0 Å². The zero-order chi connectivity index (χ0) is 17.6. The van der Waals surface area contributed by atoms with E-state index in [1.54, 1.807) is 19.2 Å². The molecule has 0 bridgehead atoms. The number of aryl methyl sites for hydroxylation is 1. The van der Waals surface area contributed by atoms with Crippen LogP contribution in [0.2, 0.25) is 0 Å². The third kappa shape index (κ3) is 3.98. The summed E-state index contributed by atoms with van der Waals surface area (Å²) in [5.41, 5.74) is 2.19. The summed E-state index contributed by atoms with van der Waals surface area (Å²) < 4.78 is 10.9. The van der Waals surface area contributed by atoms with Gasteiger partial charge in [-0.05, 0) is 31.2 Å². The normalized spacial score (nSPS) is 10.3. The van der Waals surface area contributed by atoms with E-state index < -0.39 is 0 Å². The predicted molar refractivity (Wildman–Crippen MR) is 95.5 cm³/mol. The number of benzene rings is 2. The number of urea groups is 1. The van der Waals surface area contributed by atoms with Crippen LogP contribution in [0.3, 0.4) is 0 Å². The van der Waals surface area contributed by atoms with Crippen molar-refractivity contribution in [1.29, 1.82) is 0 Å². The van der Waals surface area contributed by atoms with Crippen molar-refractivity contribution >= 4 is 11.7 Å². The number of para-hydroxylation sites is 2. The SMILES string of the molecule is COc1ccccc1NC(=O)NCc1nc(-c2ccccc2)oc1C. The predicted octanol–water partition coefficient (Wildman–Crippen LogP) is 3.98. The molecule has 6 nitrogen and oxygen atoms in total. The molecule has 0 radical (unpaired) electrons. The largest absolute Gasteiger partial charge is 0.495 e. The molecule has 0 saturated carbocycles. The molecule has 2 aromatic carbocycles. The molecule has 3 rings (SSSR count). The van der Waals surface area contributed by atoms with Crippen LogP contribution in [0.4, 0.5) is 10.5 Å². The Bertz CT molecular complexity index is 859. The third-order valence-corrected chi connectivity index (χ3v) is 3.68. The molecule has 0 aliphatic heterocycles. The van der Waals surface area contributed by atoms with E-state index in [1.807, 2.05) is 49.4 Å². The Morgan fingerprint density at radius 1 is 1.12 bits per heavy atom. The highest BCUT2D eigenvalue weighted by atomic mass is 16.5. The van der Waals surface area contributed by atoms with Gasteiger partial charge in [-0.2, -0.15) is 0 Å². The minimum absolute atomic E-state index is 0.267. The average molecular weight is 337 g/mol. The summed E-state index contributed by atoms with van der Waals surface area (Å²) in [6.07, 6.45) is 0. The Kier molecular flexibility index (Phi) is 4.99. The van der Waals surface area contributed by atoms with Crippen molar-refractivity contribution in [1.82, 2.24) is 10.3 Å². The molecule has 0 spiro atoms. The van der Waals surface area contributed by atoms with Gasteiger partial charge in [-0.25, -0.2) is 9.78 Å². The van der Waals surface area contributed by atoms with Gasteiger partial charge in [-0.3, -0.25) is 0 Å². The van der Waals surface area contributed by atoms with Gasteiger partial charge in [0.15, 0.2) is 0 Å². The summed E-state index contributed by atoms with van der Waals surface area (Å²) >= 11 is 0. The van der Waals surface area contributed by atoms with Gasteiger partial charge in [0.25, 0.3) is 0 Å². The third-order valence-electron chi connectivity index (χ3n) is 3.68. The molecule has 0 saturated heterocycles. The van der Waals surface area contributed by atoms with Gasteiger partial charge in [-0.1, -0.05) is 30.3 Å². The van der Waals surface area contributed by atoms with Gasteiger partial charge in [0.05, 0.1) is 19.3 Å². The summed E-state index contributed by atoms with van der Waals surface area (Å²) in [7, 11) is 1.56. The fourth-order valence-corrected chi connectivity index (χ4v) is 2.37. The minimum Gasteiger partial charge on any atom is -0.495 e. The van der Waals surface area contributed by atoms with Gasteiger partial charge < -0.3 is 19.8 Å². The smallest absolute Gasteiger partial charge is 0.319 e. The molecule has 6 heteroatoms. The molecule has 1 aromatic heterocycles. The van der Waals surface area contributed by atoms with Crippen molar-refractivity contribution in [3.63, 3.8) is 0 Å². The lowest BCUT2D eigenvalue weighted by atomic mass is 10.2. The number of anilines is 1. The molecule has 0 unspecified atom stereocenters. The Hall–Kier alpha value is -3.28. The number of ether oxygens (including phenoxy) is 1. The van der Waals surface area contributed by atoms with Crippen molar-refractivity contribution in [3.05, 3.63) is 66.1 Å². The van der Waals surface area contributed by atoms with Crippen LogP contribution >= 0.6 is 0 Å². The number of rotatable bonds is 5. The van der Waals surface area contributed by atoms with E-state index in [4.69, 9.17) is 9.15 Å². The number of hydrogen-bond donors (Lipinski definition) is 2. The fraction of sp³-hybridized carbons (Fsp3) is 0.158. The lowest BCUT2D eigenvalue weighted by Gasteiger charge is -2.10. The van der Waals surface area contributed by atoms with Crippen LogP contribution in [0.1, 0.15) is 11.5 Å². The number of amides is 2. The second kappa shape index (κ2) is 7.53. The highest BCUT2D eigenvalue weighted by Crippen LogP contribution is 2.23. The Morgan fingerprint density at radius 3 is 2.60 bits per heavy atom. The van der Waals surface area contributed by atoms with Gasteiger partial charge in [0.2, 0.25) is 5.89 Å². The van der Waals surface area contributed by atoms with Crippen LogP contribution in [0.15, 0.2) is 59.0 Å². The number of nitrogens with one attached hydrogen (secondary N) is 2. The maximum atomic E-state index is 12.1. The maximum absolute atomic E-state index is 12.1. The molecule has 25 heavy (non-hydrogen) atoms. The first-order valence-electron chi connectivity index (χ1n) is 7.87. The van der Waals surface area contributed by atoms with E-state index in [9.17, 15) is 4.79 Å². The van der Waals surface area contributed by atoms with E-state index in [0.29, 0.717) is 28.8 Å². The van der Waals surface area contributed by atoms with Crippen LogP contribution in [0.25, 0.3) is 11.5 Å². The standard InChI is InChI=1S/C19H19N3O3/c1-13-16(21-18(25-13)14-8-4-3-5-9-14)12-20-19(23)22-15-10-6-7-11-17(15)24-2/h3-11H,12H2,1-2H3,(H2,20,22,23). The molecule has 2 N–H and O–H groups in total. The number of hydrogen-bond acceptors (Lipinski definition) is 4. The first kappa shape index (κ1) is 16.6. The number of methoxy groups -OCH3 is 1. The van der Waals surface area contributed by atoms with Crippen LogP contribution < -0.4 is 15.4 Å². The average Bonchev–Trinajstić information content (AvgIpc) is 3.02. The van der Waals surface area contributed by atoms with Crippen molar-refractivity contribution in [2.75, 3.05) is 12.4 Å². The van der Waals surface area contributed by atoms with Crippen molar-refractivity contribution in [2.45, 2.75) is 13.5 Å². The first-order valence-corrected chi connectivity index (χ1v) is 7.87. The fourth-order valence-electron chi connectivity index (χ4n) is 2.37. The second-order valence-corrected chi connectivity index (χ2v) is 5.40. The Morgan fingerprint density at radius 2 is 1.84 bits per heavy atom. The zero-order valence-corrected chi connectivity index (χ0v) is 14.1. The molecule has 3 aromatic rings. The molecule has 0 atom stereocenters. The summed E-state index contributed by atoms with van der Waals surface area (Å²) in [6.45, 7) is 2.09. The molecule has 0 aliphatic carbocycles. The Labute approximate surface area is 145 Å². The molecule has 0 aliphatic rings. The molecule has 0 fully saturated rings. The zero-order valence-electron chi connectivity index (χ0n) is 14.1. The van der Waals surface area contributed by atoms with Gasteiger partial charge >= 0.3 is 6.03 Å². The summed E-state index contributed by atoms with van der Waals surface area (Å²) in [5, 5.41) is 5.53. The number of aromatic nitrogens is 1. The molecule has 1 heterocycles. The van der Waals surface area contributed by atoms with Gasteiger partial charge in [0, 0.05) is 5.56 Å². The first-order chi connectivity index (χ1) is 12.2. The van der Waals surface area contributed by atoms with E-state index in [1.165, 1.54) is 0 Å². The molecule has 128 valence electrons. The highest BCUT2D eigenvalue weighted by molar-refractivity contribution is 5.90. The number of nitrogens with zero attached hydrogens (tertiary/aromatic N) is 1. The number of carbonyl (C=O) groups excluding carboxylic acids is 1. The second-order valence-electron chi connectivity index (χ2n) is 5.40. The quantitative estimate of drug-likeness (QED) is 0.738. The molecule has 2 amide bonds. The van der Waals surface area contributed by atoms with Gasteiger partial charge in [0.1, 0.15) is 17.2 Å². The number of oxazole rings is 1. The lowest BCUT2D eigenvalue weighted by molar-refractivity contribution is 0.251. The van der Waals surface area contributed by atoms with Gasteiger partial charge in [-0.15, -0.1) is 0 Å². The van der Waals surface area contributed by atoms with Crippen LogP contribution in [0.5, 0.6) is 5.75 Å². The maximum Gasteiger partial charge on any atom is 0.319 e. The van der Waals surface area contributed by atoms with Crippen molar-refractivity contribution in [2.24, 2.45) is 0 Å². The van der Waals surface area contributed by atoms with E-state index in [0.717, 1.165) is 5.56 Å². The van der Waals surface area contributed by atoms with Crippen molar-refractivity contribution < 1.29 is 13.9 Å². The summed E-state index contributed by atoms with van der Waals surface area (Å²) in [5.74, 6) is 1.82. The van der Waals surface area contributed by atoms with E-state index in [2.05, 4.69) is 15.6 Å². The highest BCUT2D eigenvalue weighted by Gasteiger charge is 2.13. The number of carbonyl (C=O) groups is 1. The van der Waals surface area contributed by atoms with Crippen molar-refractivity contribution in [3.8, 4) is 17.2 Å². The van der Waals surface area contributed by atoms with Crippen LogP contribution in [-0.4, -0.2) is 18.1 Å². The van der Waals surface area contributed by atoms with E-state index in [-0.39, 0.29) is 12.6 Å². The molecular formula is C19H19N3O3. The van der Waals surface area contributed by atoms with Crippen LogP contribution in [0, 0.1) is 6.92 Å². The lowest BCUT2D eigenvalue weighted by Crippen LogP contribution is -2.28. The minimum atomic E-state index is -0.340. The monoisotopic (exact) mass is 337 g/mol. The molecular weight excluding hydrogens is 318 g/mol.